The zero-order valence-electron chi connectivity index (χ0n) is 35.3. The van der Waals surface area contributed by atoms with E-state index in [1.807, 2.05) is 6.07 Å². The number of aromatic nitrogens is 2. The Morgan fingerprint density at radius 2 is 1.29 bits per heavy atom. The number of hydrogen-bond acceptors (Lipinski definition) is 5. The number of H-pyrrole nitrogens is 1. The van der Waals surface area contributed by atoms with Gasteiger partial charge >= 0.3 is 0 Å². The number of anilines is 3. The fraction of sp³-hybridized carbons (Fsp3) is 0.532. The molecule has 0 fully saturated rings. The van der Waals surface area contributed by atoms with Crippen LogP contribution in [0.2, 0.25) is 20.1 Å². The van der Waals surface area contributed by atoms with Gasteiger partial charge in [0.25, 0.3) is 5.56 Å². The van der Waals surface area contributed by atoms with Gasteiger partial charge in [-0.2, -0.15) is 0 Å². The van der Waals surface area contributed by atoms with Gasteiger partial charge in [0.05, 0.1) is 32.3 Å². The molecule has 3 aromatic carbocycles. The number of hydrogen-bond donors (Lipinski definition) is 3. The first-order valence-corrected chi connectivity index (χ1v) is 24.3. The van der Waals surface area contributed by atoms with Crippen LogP contribution >= 0.6 is 58.2 Å². The van der Waals surface area contributed by atoms with Crippen LogP contribution in [0.5, 0.6) is 5.75 Å². The lowest BCUT2D eigenvalue weighted by Crippen LogP contribution is -2.16. The van der Waals surface area contributed by atoms with E-state index in [1.54, 1.807) is 30.3 Å². The minimum atomic E-state index is -0.378. The molecule has 3 N–H and O–H groups in total. The number of carbonyl (C=O) groups is 1. The van der Waals surface area contributed by atoms with Crippen molar-refractivity contribution in [2.75, 3.05) is 17.2 Å². The van der Waals surface area contributed by atoms with Gasteiger partial charge in [-0.05, 0) is 73.7 Å². The highest BCUT2D eigenvalue weighted by atomic mass is 35.5. The van der Waals surface area contributed by atoms with E-state index >= 15 is 0 Å². The minimum absolute atomic E-state index is 0.0477. The molecule has 324 valence electrons. The zero-order valence-corrected chi connectivity index (χ0v) is 39.1. The number of halogens is 4. The number of aryl methyl sites for hydroxylation is 1. The number of nitrogens with one attached hydrogen (secondary N) is 3. The molecule has 59 heavy (non-hydrogen) atoms. The third-order valence-corrected chi connectivity index (χ3v) is 12.6. The van der Waals surface area contributed by atoms with Gasteiger partial charge in [-0.3, -0.25) is 14.7 Å². The van der Waals surface area contributed by atoms with Gasteiger partial charge in [-0.25, -0.2) is 4.68 Å². The SMILES string of the molecule is CCCCCCCCCCCCCC(=O)Nc1ccc(Cl)c(Nc2[nH]n(-c3c(Cl)cc(Cl)cc3Cl)c(=O)c2Sc2cc(CCCCCCCC)ccc2OCCCC)c1. The molecule has 1 heterocycles. The van der Waals surface area contributed by atoms with Crippen LogP contribution in [-0.4, -0.2) is 22.3 Å². The molecule has 0 aliphatic rings. The average molecular weight is 907 g/mol. The van der Waals surface area contributed by atoms with Gasteiger partial charge in [0.15, 0.2) is 0 Å². The second kappa shape index (κ2) is 27.2. The first-order valence-electron chi connectivity index (χ1n) is 21.9. The van der Waals surface area contributed by atoms with Gasteiger partial charge in [0.1, 0.15) is 22.2 Å². The van der Waals surface area contributed by atoms with E-state index in [4.69, 9.17) is 51.1 Å². The lowest BCUT2D eigenvalue weighted by Gasteiger charge is -2.14. The fourth-order valence-electron chi connectivity index (χ4n) is 6.97. The summed E-state index contributed by atoms with van der Waals surface area (Å²) in [5.74, 6) is 1.03. The number of aromatic amines is 1. The van der Waals surface area contributed by atoms with E-state index in [9.17, 15) is 9.59 Å². The number of unbranched alkanes of at least 4 members (excludes halogenated alkanes) is 16. The molecule has 0 saturated heterocycles. The van der Waals surface area contributed by atoms with E-state index in [1.165, 1.54) is 105 Å². The summed E-state index contributed by atoms with van der Waals surface area (Å²) in [6, 6.07) is 14.6. The molecule has 0 spiro atoms. The normalized spacial score (nSPS) is 11.3. The maximum absolute atomic E-state index is 14.5. The molecule has 12 heteroatoms. The molecule has 1 aromatic heterocycles. The summed E-state index contributed by atoms with van der Waals surface area (Å²) >= 11 is 27.6. The second-order valence-electron chi connectivity index (χ2n) is 15.4. The van der Waals surface area contributed by atoms with Crippen LogP contribution < -0.4 is 20.9 Å². The van der Waals surface area contributed by atoms with Gasteiger partial charge in [0, 0.05) is 17.1 Å². The Bertz CT molecular complexity index is 1930. The number of rotatable bonds is 29. The maximum atomic E-state index is 14.5. The largest absolute Gasteiger partial charge is 0.492 e. The molecule has 0 saturated carbocycles. The highest BCUT2D eigenvalue weighted by Gasteiger charge is 2.23. The van der Waals surface area contributed by atoms with Crippen molar-refractivity contribution >= 4 is 81.3 Å². The van der Waals surface area contributed by atoms with E-state index in [-0.39, 0.29) is 27.2 Å². The number of nitrogens with zero attached hydrogens (tertiary/aromatic N) is 1. The summed E-state index contributed by atoms with van der Waals surface area (Å²) in [4.78, 5) is 28.6. The molecule has 0 atom stereocenters. The van der Waals surface area contributed by atoms with Gasteiger partial charge in [0.2, 0.25) is 5.91 Å². The first kappa shape index (κ1) is 48.9. The minimum Gasteiger partial charge on any atom is -0.492 e. The number of amides is 1. The lowest BCUT2D eigenvalue weighted by molar-refractivity contribution is -0.116. The topological polar surface area (TPSA) is 88.2 Å². The van der Waals surface area contributed by atoms with Crippen LogP contribution in [0.3, 0.4) is 0 Å². The van der Waals surface area contributed by atoms with Gasteiger partial charge in [-0.15, -0.1) is 0 Å². The van der Waals surface area contributed by atoms with Crippen LogP contribution in [0.15, 0.2) is 63.1 Å². The quantitative estimate of drug-likeness (QED) is 0.0473. The molecule has 0 radical (unpaired) electrons. The van der Waals surface area contributed by atoms with Crippen LogP contribution in [-0.2, 0) is 11.2 Å². The zero-order chi connectivity index (χ0) is 42.4. The molecule has 0 bridgehead atoms. The van der Waals surface area contributed by atoms with Crippen molar-refractivity contribution in [2.24, 2.45) is 0 Å². The predicted octanol–water partition coefficient (Wildman–Crippen LogP) is 16.4. The van der Waals surface area contributed by atoms with E-state index in [0.717, 1.165) is 49.8 Å². The van der Waals surface area contributed by atoms with Crippen molar-refractivity contribution in [3.05, 3.63) is 84.5 Å². The maximum Gasteiger partial charge on any atom is 0.287 e. The van der Waals surface area contributed by atoms with Crippen LogP contribution in [0.4, 0.5) is 17.2 Å². The molecule has 0 aliphatic carbocycles. The van der Waals surface area contributed by atoms with Crippen LogP contribution in [0.25, 0.3) is 5.69 Å². The van der Waals surface area contributed by atoms with Crippen LogP contribution in [0.1, 0.15) is 155 Å². The summed E-state index contributed by atoms with van der Waals surface area (Å²) in [6.45, 7) is 7.17. The summed E-state index contributed by atoms with van der Waals surface area (Å²) in [5.41, 5.74) is 2.16. The van der Waals surface area contributed by atoms with Crippen molar-refractivity contribution in [1.29, 1.82) is 0 Å². The molecule has 7 nitrogen and oxygen atoms in total. The van der Waals surface area contributed by atoms with Gasteiger partial charge < -0.3 is 15.4 Å². The first-order chi connectivity index (χ1) is 28.6. The van der Waals surface area contributed by atoms with E-state index < -0.39 is 0 Å². The summed E-state index contributed by atoms with van der Waals surface area (Å²) in [6.07, 6.45) is 24.0. The van der Waals surface area contributed by atoms with Crippen LogP contribution in [0, 0.1) is 0 Å². The smallest absolute Gasteiger partial charge is 0.287 e. The Morgan fingerprint density at radius 3 is 1.92 bits per heavy atom. The number of ether oxygens (including phenoxy) is 1. The Morgan fingerprint density at radius 1 is 0.695 bits per heavy atom. The highest BCUT2D eigenvalue weighted by molar-refractivity contribution is 7.99. The highest BCUT2D eigenvalue weighted by Crippen LogP contribution is 2.41. The Labute approximate surface area is 377 Å². The van der Waals surface area contributed by atoms with Crippen molar-refractivity contribution in [3.63, 3.8) is 0 Å². The third kappa shape index (κ3) is 16.6. The predicted molar refractivity (Wildman–Crippen MR) is 254 cm³/mol. The Hall–Kier alpha value is -2.75. The van der Waals surface area contributed by atoms with Crippen molar-refractivity contribution in [3.8, 4) is 11.4 Å². The molecule has 1 amide bonds. The molecule has 4 aromatic rings. The number of carbonyl (C=O) groups excluding carboxylic acids is 1. The Balaban J connectivity index is 1.55. The lowest BCUT2D eigenvalue weighted by atomic mass is 10.0. The molecule has 0 unspecified atom stereocenters. The molecule has 4 rings (SSSR count). The standard InChI is InChI=1S/C47H64Cl4N4O3S/c1-4-7-10-12-14-15-16-17-18-20-22-24-43(56)52-36-26-27-37(49)40(33-36)53-46-45(47(57)55(54-46)44-38(50)31-35(48)32-39(44)51)59-42-30-34(23-21-19-13-11-8-5-2)25-28-41(42)58-29-9-6-3/h25-28,30-33,53-54H,4-24,29H2,1-3H3,(H,52,56). The summed E-state index contributed by atoms with van der Waals surface area (Å²) in [7, 11) is 0. The van der Waals surface area contributed by atoms with Crippen molar-refractivity contribution in [2.45, 2.75) is 165 Å². The Kier molecular flexibility index (Phi) is 22.6. The van der Waals surface area contributed by atoms with Gasteiger partial charge in [-0.1, -0.05) is 188 Å². The van der Waals surface area contributed by atoms with E-state index in [2.05, 4.69) is 48.6 Å². The summed E-state index contributed by atoms with van der Waals surface area (Å²) in [5, 5.41) is 10.8. The van der Waals surface area contributed by atoms with Crippen molar-refractivity contribution < 1.29 is 9.53 Å². The average Bonchev–Trinajstić information content (AvgIpc) is 3.49. The molecular weight excluding hydrogens is 842 g/mol. The third-order valence-electron chi connectivity index (χ3n) is 10.4. The summed E-state index contributed by atoms with van der Waals surface area (Å²) < 4.78 is 7.60. The second-order valence-corrected chi connectivity index (χ2v) is 18.1. The number of benzene rings is 3. The fourth-order valence-corrected chi connectivity index (χ4v) is 9.15. The van der Waals surface area contributed by atoms with Crippen molar-refractivity contribution in [1.82, 2.24) is 9.78 Å². The van der Waals surface area contributed by atoms with E-state index in [0.29, 0.717) is 50.9 Å². The monoisotopic (exact) mass is 904 g/mol. The molecular formula is C47H64Cl4N4O3S. The molecule has 0 aliphatic heterocycles.